The second-order valence-corrected chi connectivity index (χ2v) is 5.95. The van der Waals surface area contributed by atoms with Gasteiger partial charge in [0.1, 0.15) is 0 Å². The van der Waals surface area contributed by atoms with Crippen molar-refractivity contribution in [2.75, 3.05) is 13.1 Å². The Balaban J connectivity index is -0.00000144. The number of nitrogens with zero attached hydrogens (tertiary/aromatic N) is 1. The first-order valence-electron chi connectivity index (χ1n) is 7.04. The summed E-state index contributed by atoms with van der Waals surface area (Å²) in [7, 11) is 0. The maximum Gasteiger partial charge on any atom is 0.236 e. The van der Waals surface area contributed by atoms with Crippen LogP contribution >= 0.6 is 24.8 Å². The molecule has 0 aliphatic carbocycles. The van der Waals surface area contributed by atoms with Crippen LogP contribution in [-0.2, 0) is 4.79 Å². The summed E-state index contributed by atoms with van der Waals surface area (Å²) < 4.78 is 0. The Kier molecular flexibility index (Phi) is 15.8. The van der Waals surface area contributed by atoms with E-state index in [1.54, 1.807) is 0 Å². The molecule has 0 aromatic rings. The maximum atomic E-state index is 11.7. The molecule has 0 saturated carbocycles. The van der Waals surface area contributed by atoms with Gasteiger partial charge in [-0.1, -0.05) is 13.8 Å². The van der Waals surface area contributed by atoms with Crippen molar-refractivity contribution in [2.24, 2.45) is 11.7 Å². The summed E-state index contributed by atoms with van der Waals surface area (Å²) in [5.74, 6) is 0.421. The van der Waals surface area contributed by atoms with Crippen molar-refractivity contribution in [3.63, 3.8) is 0 Å². The summed E-state index contributed by atoms with van der Waals surface area (Å²) in [5.41, 5.74) is 5.83. The summed E-state index contributed by atoms with van der Waals surface area (Å²) >= 11 is 0. The molecule has 0 spiro atoms. The molecular formula is C14H33Cl2N3O. The lowest BCUT2D eigenvalue weighted by molar-refractivity contribution is -0.122. The van der Waals surface area contributed by atoms with Crippen LogP contribution in [0.5, 0.6) is 0 Å². The molecule has 1 amide bonds. The SMILES string of the molecule is CC(C)C[C@H](N)C(=O)NCCN(C(C)C)C(C)C.Cl.Cl. The van der Waals surface area contributed by atoms with Crippen LogP contribution < -0.4 is 11.1 Å². The van der Waals surface area contributed by atoms with E-state index in [1.807, 2.05) is 0 Å². The second kappa shape index (κ2) is 12.7. The Morgan fingerprint density at radius 1 is 1.05 bits per heavy atom. The van der Waals surface area contributed by atoms with Crippen LogP contribution in [0.15, 0.2) is 0 Å². The third-order valence-electron chi connectivity index (χ3n) is 3.06. The molecule has 1 atom stereocenters. The van der Waals surface area contributed by atoms with E-state index in [1.165, 1.54) is 0 Å². The van der Waals surface area contributed by atoms with Crippen molar-refractivity contribution in [1.82, 2.24) is 10.2 Å². The van der Waals surface area contributed by atoms with Crippen molar-refractivity contribution < 1.29 is 4.79 Å². The number of halogens is 2. The third-order valence-corrected chi connectivity index (χ3v) is 3.06. The summed E-state index contributed by atoms with van der Waals surface area (Å²) in [4.78, 5) is 14.1. The van der Waals surface area contributed by atoms with Gasteiger partial charge < -0.3 is 11.1 Å². The molecule has 6 heteroatoms. The smallest absolute Gasteiger partial charge is 0.236 e. The molecule has 3 N–H and O–H groups in total. The monoisotopic (exact) mass is 329 g/mol. The fourth-order valence-electron chi connectivity index (χ4n) is 2.17. The number of carbonyl (C=O) groups is 1. The summed E-state index contributed by atoms with van der Waals surface area (Å²) in [5, 5.41) is 2.92. The van der Waals surface area contributed by atoms with Crippen LogP contribution in [0.1, 0.15) is 48.0 Å². The normalized spacial score (nSPS) is 12.3. The molecule has 0 aliphatic rings. The van der Waals surface area contributed by atoms with E-state index in [0.29, 0.717) is 24.5 Å². The fourth-order valence-corrected chi connectivity index (χ4v) is 2.17. The zero-order chi connectivity index (χ0) is 14.3. The first kappa shape index (κ1) is 25.0. The number of rotatable bonds is 8. The first-order chi connectivity index (χ1) is 8.25. The van der Waals surface area contributed by atoms with E-state index in [9.17, 15) is 4.79 Å². The summed E-state index contributed by atoms with van der Waals surface area (Å²) in [6.45, 7) is 14.4. The lowest BCUT2D eigenvalue weighted by Gasteiger charge is -2.30. The van der Waals surface area contributed by atoms with Crippen molar-refractivity contribution in [2.45, 2.75) is 66.1 Å². The van der Waals surface area contributed by atoms with Gasteiger partial charge in [0, 0.05) is 25.2 Å². The molecule has 124 valence electrons. The van der Waals surface area contributed by atoms with Gasteiger partial charge in [-0.05, 0) is 40.0 Å². The maximum absolute atomic E-state index is 11.7. The van der Waals surface area contributed by atoms with Gasteiger partial charge in [0.25, 0.3) is 0 Å². The topological polar surface area (TPSA) is 58.4 Å². The Hall–Kier alpha value is -0.0300. The van der Waals surface area contributed by atoms with E-state index in [0.717, 1.165) is 13.0 Å². The van der Waals surface area contributed by atoms with Gasteiger partial charge in [-0.15, -0.1) is 24.8 Å². The number of nitrogens with two attached hydrogens (primary N) is 1. The number of hydrogen-bond acceptors (Lipinski definition) is 3. The van der Waals surface area contributed by atoms with Crippen LogP contribution in [0.3, 0.4) is 0 Å². The number of hydrogen-bond donors (Lipinski definition) is 2. The number of carbonyl (C=O) groups excluding carboxylic acids is 1. The van der Waals surface area contributed by atoms with Gasteiger partial charge in [-0.25, -0.2) is 0 Å². The van der Waals surface area contributed by atoms with Crippen LogP contribution in [0, 0.1) is 5.92 Å². The second-order valence-electron chi connectivity index (χ2n) is 5.95. The molecule has 0 radical (unpaired) electrons. The molecule has 0 aliphatic heterocycles. The van der Waals surface area contributed by atoms with Gasteiger partial charge >= 0.3 is 0 Å². The Morgan fingerprint density at radius 2 is 1.50 bits per heavy atom. The quantitative estimate of drug-likeness (QED) is 0.719. The van der Waals surface area contributed by atoms with E-state index < -0.39 is 0 Å². The average Bonchev–Trinajstić information content (AvgIpc) is 2.21. The van der Waals surface area contributed by atoms with Crippen LogP contribution in [0.25, 0.3) is 0 Å². The molecule has 0 rings (SSSR count). The Bertz CT molecular complexity index is 241. The minimum Gasteiger partial charge on any atom is -0.353 e. The molecule has 0 unspecified atom stereocenters. The highest BCUT2D eigenvalue weighted by atomic mass is 35.5. The predicted molar refractivity (Wildman–Crippen MR) is 91.9 cm³/mol. The molecule has 0 saturated heterocycles. The number of nitrogens with one attached hydrogen (secondary N) is 1. The molecule has 0 bridgehead atoms. The molecular weight excluding hydrogens is 297 g/mol. The molecule has 0 aromatic carbocycles. The summed E-state index contributed by atoms with van der Waals surface area (Å²) in [6, 6.07) is 0.606. The van der Waals surface area contributed by atoms with Crippen molar-refractivity contribution in [3.05, 3.63) is 0 Å². The summed E-state index contributed by atoms with van der Waals surface area (Å²) in [6.07, 6.45) is 0.740. The molecule has 0 heterocycles. The van der Waals surface area contributed by atoms with Crippen molar-refractivity contribution >= 4 is 30.7 Å². The van der Waals surface area contributed by atoms with Gasteiger partial charge in [0.05, 0.1) is 6.04 Å². The first-order valence-corrected chi connectivity index (χ1v) is 7.04. The van der Waals surface area contributed by atoms with Gasteiger partial charge in [-0.3, -0.25) is 9.69 Å². The van der Waals surface area contributed by atoms with Crippen LogP contribution in [0.4, 0.5) is 0 Å². The fraction of sp³-hybridized carbons (Fsp3) is 0.929. The molecule has 0 fully saturated rings. The highest BCUT2D eigenvalue weighted by molar-refractivity contribution is 5.85. The van der Waals surface area contributed by atoms with Gasteiger partial charge in [0.15, 0.2) is 0 Å². The largest absolute Gasteiger partial charge is 0.353 e. The Labute approximate surface area is 137 Å². The third kappa shape index (κ3) is 10.7. The zero-order valence-corrected chi connectivity index (χ0v) is 15.3. The average molecular weight is 330 g/mol. The molecule has 4 nitrogen and oxygen atoms in total. The van der Waals surface area contributed by atoms with Crippen LogP contribution in [0.2, 0.25) is 0 Å². The zero-order valence-electron chi connectivity index (χ0n) is 13.7. The lowest BCUT2D eigenvalue weighted by Crippen LogP contribution is -2.46. The highest BCUT2D eigenvalue weighted by Gasteiger charge is 2.16. The molecule has 0 aromatic heterocycles. The minimum absolute atomic E-state index is 0. The van der Waals surface area contributed by atoms with Crippen molar-refractivity contribution in [1.29, 1.82) is 0 Å². The van der Waals surface area contributed by atoms with E-state index in [2.05, 4.69) is 51.8 Å². The number of amides is 1. The van der Waals surface area contributed by atoms with E-state index in [4.69, 9.17) is 5.73 Å². The van der Waals surface area contributed by atoms with Gasteiger partial charge in [-0.2, -0.15) is 0 Å². The Morgan fingerprint density at radius 3 is 1.85 bits per heavy atom. The predicted octanol–water partition coefficient (Wildman–Crippen LogP) is 2.44. The minimum atomic E-state index is -0.378. The lowest BCUT2D eigenvalue weighted by atomic mass is 10.0. The van der Waals surface area contributed by atoms with Crippen molar-refractivity contribution in [3.8, 4) is 0 Å². The molecule has 20 heavy (non-hydrogen) atoms. The van der Waals surface area contributed by atoms with Crippen LogP contribution in [-0.4, -0.2) is 42.0 Å². The van der Waals surface area contributed by atoms with Gasteiger partial charge in [0.2, 0.25) is 5.91 Å². The standard InChI is InChI=1S/C14H31N3O.2ClH/c1-10(2)9-13(15)14(18)16-7-8-17(11(3)4)12(5)6;;/h10-13H,7-9,15H2,1-6H3,(H,16,18);2*1H/t13-;;/m0../s1. The highest BCUT2D eigenvalue weighted by Crippen LogP contribution is 2.04. The van der Waals surface area contributed by atoms with E-state index >= 15 is 0 Å². The van der Waals surface area contributed by atoms with E-state index in [-0.39, 0.29) is 36.8 Å².